The van der Waals surface area contributed by atoms with E-state index in [-0.39, 0.29) is 24.0 Å². The molecule has 0 radical (unpaired) electrons. The molecule has 1 spiro atoms. The molecule has 0 saturated carbocycles. The monoisotopic (exact) mass is 672 g/mol. The molecule has 1 saturated heterocycles. The predicted molar refractivity (Wildman–Crippen MR) is 178 cm³/mol. The molecule has 0 amide bonds. The van der Waals surface area contributed by atoms with Crippen LogP contribution in [0.5, 0.6) is 11.5 Å². The minimum atomic E-state index is -5.51. The topological polar surface area (TPSA) is 46.2 Å². The van der Waals surface area contributed by atoms with Crippen LogP contribution >= 0.6 is 19.5 Å². The van der Waals surface area contributed by atoms with Crippen molar-refractivity contribution >= 4 is 19.5 Å². The van der Waals surface area contributed by atoms with Gasteiger partial charge in [-0.25, -0.2) is 0 Å². The molecule has 2 aromatic rings. The first-order chi connectivity index (χ1) is 20.0. The molecule has 45 heavy (non-hydrogen) atoms. The molecule has 0 bridgehead atoms. The zero-order valence-corrected chi connectivity index (χ0v) is 31.2. The molecule has 0 atom stereocenters. The van der Waals surface area contributed by atoms with Crippen LogP contribution in [0.4, 0.5) is 13.2 Å². The fraction of sp³-hybridized carbons (Fsp3) is 0.657. The first-order valence-electron chi connectivity index (χ1n) is 15.5. The van der Waals surface area contributed by atoms with Crippen LogP contribution in [0.2, 0.25) is 0 Å². The standard InChI is InChI=1S/C35H52F3O5PS/c1-30(2,3)22-15-24(32(7,8)9)28-26(17-22)45-27-18-23(31(4,5)6)16-25(33(10,11)12)29(27)43-44(42-28,41-21-35(36,37)38)39-19-34(13,14)20-40-44/h15-18H,19-21H2,1-14H3. The van der Waals surface area contributed by atoms with Crippen molar-refractivity contribution < 1.29 is 35.8 Å². The summed E-state index contributed by atoms with van der Waals surface area (Å²) in [5, 5.41) is 0. The van der Waals surface area contributed by atoms with E-state index in [9.17, 15) is 13.2 Å². The SMILES string of the molecule is CC1(C)COP2(OCC(F)(F)F)(OC1)Oc1c(cc(C(C)(C)C)cc1C(C)(C)C)Sc1cc(C(C)(C)C)cc(C(C)(C)C)c1O2. The number of benzene rings is 2. The minimum absolute atomic E-state index is 0.0103. The van der Waals surface area contributed by atoms with Gasteiger partial charge in [-0.05, 0) is 0 Å². The number of halogens is 3. The molecule has 2 aliphatic heterocycles. The zero-order chi connectivity index (χ0) is 34.3. The first-order valence-corrected chi connectivity index (χ1v) is 18.2. The Kier molecular flexibility index (Phi) is 8.89. The van der Waals surface area contributed by atoms with Crippen molar-refractivity contribution in [2.45, 2.75) is 135 Å². The summed E-state index contributed by atoms with van der Waals surface area (Å²) in [5.41, 5.74) is 1.83. The Morgan fingerprint density at radius 3 is 1.36 bits per heavy atom. The van der Waals surface area contributed by atoms with E-state index in [4.69, 9.17) is 22.6 Å². The van der Waals surface area contributed by atoms with Crippen molar-refractivity contribution in [3.63, 3.8) is 0 Å². The summed E-state index contributed by atoms with van der Waals surface area (Å²) in [6.07, 6.45) is -4.70. The maximum atomic E-state index is 14.0. The Labute approximate surface area is 272 Å². The summed E-state index contributed by atoms with van der Waals surface area (Å²) in [6, 6.07) is 8.27. The first kappa shape index (κ1) is 36.3. The van der Waals surface area contributed by atoms with Gasteiger partial charge in [0, 0.05) is 0 Å². The van der Waals surface area contributed by atoms with E-state index < -0.39 is 36.8 Å². The van der Waals surface area contributed by atoms with Gasteiger partial charge in [0.2, 0.25) is 0 Å². The summed E-state index contributed by atoms with van der Waals surface area (Å²) in [7, 11) is -5.51. The van der Waals surface area contributed by atoms with Crippen molar-refractivity contribution in [3.05, 3.63) is 46.5 Å². The van der Waals surface area contributed by atoms with Crippen LogP contribution in [0.1, 0.15) is 119 Å². The van der Waals surface area contributed by atoms with E-state index in [0.717, 1.165) is 32.0 Å². The Hall–Kier alpha value is -1.51. The number of hydrogen-bond donors (Lipinski definition) is 0. The van der Waals surface area contributed by atoms with Gasteiger partial charge in [-0.1, -0.05) is 0 Å². The fourth-order valence-corrected chi connectivity index (χ4v) is 9.28. The molecule has 0 N–H and O–H groups in total. The summed E-state index contributed by atoms with van der Waals surface area (Å²) in [5.74, 6) is 0.702. The molecule has 0 unspecified atom stereocenters. The summed E-state index contributed by atoms with van der Waals surface area (Å²) >= 11 is 1.49. The Balaban J connectivity index is 2.20. The second kappa shape index (κ2) is 11.0. The second-order valence-electron chi connectivity index (χ2n) is 17.3. The normalized spacial score (nSPS) is 20.9. The Morgan fingerprint density at radius 2 is 1.04 bits per heavy atom. The second-order valence-corrected chi connectivity index (χ2v) is 21.0. The molecule has 254 valence electrons. The van der Waals surface area contributed by atoms with Crippen LogP contribution in [0.25, 0.3) is 0 Å². The molecule has 4 rings (SSSR count). The van der Waals surface area contributed by atoms with Gasteiger partial charge in [0.05, 0.1) is 0 Å². The molecule has 2 aliphatic rings. The van der Waals surface area contributed by atoms with Gasteiger partial charge < -0.3 is 0 Å². The van der Waals surface area contributed by atoms with Gasteiger partial charge in [-0.15, -0.1) is 0 Å². The van der Waals surface area contributed by atoms with Gasteiger partial charge in [0.1, 0.15) is 0 Å². The zero-order valence-electron chi connectivity index (χ0n) is 29.5. The van der Waals surface area contributed by atoms with Crippen LogP contribution in [-0.4, -0.2) is 26.0 Å². The predicted octanol–water partition coefficient (Wildman–Crippen LogP) is 11.6. The molecule has 1 fully saturated rings. The van der Waals surface area contributed by atoms with Crippen molar-refractivity contribution in [1.29, 1.82) is 0 Å². The average molecular weight is 673 g/mol. The van der Waals surface area contributed by atoms with E-state index in [2.05, 4.69) is 65.8 Å². The Morgan fingerprint density at radius 1 is 0.667 bits per heavy atom. The number of fused-ring (bicyclic) bond motifs is 2. The number of rotatable bonds is 2. The third kappa shape index (κ3) is 7.80. The van der Waals surface area contributed by atoms with Crippen LogP contribution in [0.15, 0.2) is 34.1 Å². The molecule has 0 aliphatic carbocycles. The summed E-state index contributed by atoms with van der Waals surface area (Å²) in [4.78, 5) is 1.47. The quantitative estimate of drug-likeness (QED) is 0.296. The fourth-order valence-electron chi connectivity index (χ4n) is 5.01. The average Bonchev–Trinajstić information content (AvgIpc) is 2.83. The third-order valence-electron chi connectivity index (χ3n) is 7.93. The molecule has 10 heteroatoms. The van der Waals surface area contributed by atoms with Gasteiger partial charge in [0.15, 0.2) is 0 Å². The number of alkyl halides is 3. The molecular weight excluding hydrogens is 620 g/mol. The third-order valence-corrected chi connectivity index (χ3v) is 11.6. The Bertz CT molecular complexity index is 1360. The maximum absolute atomic E-state index is 14.0. The van der Waals surface area contributed by atoms with Crippen LogP contribution in [0.3, 0.4) is 0 Å². The van der Waals surface area contributed by atoms with Crippen molar-refractivity contribution in [2.75, 3.05) is 19.8 Å². The van der Waals surface area contributed by atoms with Gasteiger partial charge >= 0.3 is 273 Å². The van der Waals surface area contributed by atoms with Crippen molar-refractivity contribution in [2.24, 2.45) is 5.41 Å². The molecule has 2 heterocycles. The van der Waals surface area contributed by atoms with Crippen LogP contribution < -0.4 is 9.05 Å². The van der Waals surface area contributed by atoms with Crippen LogP contribution in [-0.2, 0) is 35.2 Å². The number of hydrogen-bond acceptors (Lipinski definition) is 6. The van der Waals surface area contributed by atoms with Gasteiger partial charge in [-0.2, -0.15) is 0 Å². The van der Waals surface area contributed by atoms with E-state index in [1.165, 1.54) is 11.8 Å². The van der Waals surface area contributed by atoms with Crippen LogP contribution in [0, 0.1) is 5.41 Å². The van der Waals surface area contributed by atoms with Gasteiger partial charge in [0.25, 0.3) is 0 Å². The molecule has 5 nitrogen and oxygen atoms in total. The van der Waals surface area contributed by atoms with E-state index in [1.54, 1.807) is 0 Å². The van der Waals surface area contributed by atoms with E-state index in [0.29, 0.717) is 11.5 Å². The van der Waals surface area contributed by atoms with Gasteiger partial charge in [-0.3, -0.25) is 0 Å². The molecule has 0 aromatic heterocycles. The molecular formula is C35H52F3O5PS. The van der Waals surface area contributed by atoms with E-state index in [1.807, 2.05) is 55.4 Å². The van der Waals surface area contributed by atoms with E-state index >= 15 is 0 Å². The van der Waals surface area contributed by atoms with Crippen molar-refractivity contribution in [1.82, 2.24) is 0 Å². The molecule has 2 aromatic carbocycles. The van der Waals surface area contributed by atoms with Crippen molar-refractivity contribution in [3.8, 4) is 11.5 Å². The summed E-state index contributed by atoms with van der Waals surface area (Å²) < 4.78 is 74.4. The summed E-state index contributed by atoms with van der Waals surface area (Å²) in [6.45, 7) is 27.3.